The second-order valence-corrected chi connectivity index (χ2v) is 11.1. The molecule has 4 bridgehead atoms. The lowest BCUT2D eigenvalue weighted by Crippen LogP contribution is -2.43. The maximum Gasteiger partial charge on any atom is 0.328 e. The Morgan fingerprint density at radius 2 is 1.97 bits per heavy atom. The molecule has 4 heterocycles. The van der Waals surface area contributed by atoms with Crippen LogP contribution in [0.2, 0.25) is 0 Å². The molecule has 2 saturated carbocycles. The number of fused-ring (bicyclic) bond motifs is 4. The Balaban J connectivity index is 1.30. The minimum absolute atomic E-state index is 0.228. The van der Waals surface area contributed by atoms with E-state index in [2.05, 4.69) is 44.0 Å². The third kappa shape index (κ3) is 4.17. The first kappa shape index (κ1) is 22.8. The standard InChI is InChI=1S/C27H32FN7O2/c1-29-21-13-23-31-18-8-16(9-19(12-18)34-6-4-27(2-3-27)5-7-34)14-37-22-11-17(28)10-20(22)32-26(36)35-15-30-24(21)25(35)33-23/h8-9,12-13,15,17,20,22H,2-7,10-11,14H2,1H3,(H,32,36)(H2,29,31,33)/t17-,20-,22-/m1/s1. The molecule has 9 nitrogen and oxygen atoms in total. The molecule has 3 fully saturated rings. The van der Waals surface area contributed by atoms with Gasteiger partial charge in [0.05, 0.1) is 24.4 Å². The average molecular weight is 506 g/mol. The highest BCUT2D eigenvalue weighted by Gasteiger charge is 2.44. The third-order valence-electron chi connectivity index (χ3n) is 8.61. The zero-order chi connectivity index (χ0) is 25.1. The van der Waals surface area contributed by atoms with Crippen LogP contribution in [0.15, 0.2) is 30.6 Å². The fourth-order valence-electron chi connectivity index (χ4n) is 6.18. The Bertz CT molecular complexity index is 1360. The number of aromatic nitrogens is 3. The van der Waals surface area contributed by atoms with E-state index in [1.165, 1.54) is 36.6 Å². The van der Waals surface area contributed by atoms with Gasteiger partial charge in [-0.3, -0.25) is 0 Å². The van der Waals surface area contributed by atoms with E-state index < -0.39 is 24.3 Å². The van der Waals surface area contributed by atoms with Crippen molar-refractivity contribution in [1.82, 2.24) is 19.9 Å². The molecule has 4 aliphatic rings. The number of pyridine rings is 1. The second kappa shape index (κ2) is 8.58. The first-order valence-corrected chi connectivity index (χ1v) is 13.3. The van der Waals surface area contributed by atoms with Crippen molar-refractivity contribution in [2.24, 2.45) is 5.41 Å². The largest absolute Gasteiger partial charge is 0.386 e. The van der Waals surface area contributed by atoms with E-state index in [0.29, 0.717) is 29.0 Å². The fourth-order valence-corrected chi connectivity index (χ4v) is 6.18. The number of piperidine rings is 1. The SMILES string of the molecule is CNc1cc2nc3c1ncn3C(=O)N[C@@H]1C[C@@H](F)C[C@H]1OCc1cc(cc(N3CCC4(CC3)CC4)c1)N2. The van der Waals surface area contributed by atoms with Gasteiger partial charge >= 0.3 is 6.03 Å². The Morgan fingerprint density at radius 3 is 2.76 bits per heavy atom. The van der Waals surface area contributed by atoms with Crippen LogP contribution in [0.1, 0.15) is 44.1 Å². The summed E-state index contributed by atoms with van der Waals surface area (Å²) in [6.07, 6.45) is 5.76. The number of nitrogens with zero attached hydrogens (tertiary/aromatic N) is 4. The van der Waals surface area contributed by atoms with E-state index >= 15 is 0 Å². The average Bonchev–Trinajstić information content (AvgIpc) is 3.34. The van der Waals surface area contributed by atoms with Gasteiger partial charge in [0.2, 0.25) is 0 Å². The van der Waals surface area contributed by atoms with Crippen molar-refractivity contribution in [2.45, 2.75) is 63.4 Å². The van der Waals surface area contributed by atoms with Gasteiger partial charge in [-0.05, 0) is 54.9 Å². The van der Waals surface area contributed by atoms with E-state index in [0.717, 1.165) is 35.7 Å². The van der Waals surface area contributed by atoms with Crippen LogP contribution >= 0.6 is 0 Å². The minimum atomic E-state index is -1.02. The maximum absolute atomic E-state index is 14.5. The van der Waals surface area contributed by atoms with Crippen LogP contribution in [0.25, 0.3) is 11.2 Å². The third-order valence-corrected chi connectivity index (χ3v) is 8.61. The second-order valence-electron chi connectivity index (χ2n) is 11.1. The van der Waals surface area contributed by atoms with E-state index in [9.17, 15) is 9.18 Å². The molecular weight excluding hydrogens is 473 g/mol. The number of alkyl halides is 1. The van der Waals surface area contributed by atoms with Gasteiger partial charge in [-0.2, -0.15) is 0 Å². The van der Waals surface area contributed by atoms with E-state index in [1.807, 2.05) is 13.1 Å². The van der Waals surface area contributed by atoms with Gasteiger partial charge in [0.1, 0.15) is 23.8 Å². The zero-order valence-electron chi connectivity index (χ0n) is 21.0. The van der Waals surface area contributed by atoms with E-state index in [4.69, 9.17) is 9.72 Å². The number of benzene rings is 1. The number of nitrogens with one attached hydrogen (secondary N) is 3. The Kier molecular flexibility index (Phi) is 5.28. The quantitative estimate of drug-likeness (QED) is 0.470. The van der Waals surface area contributed by atoms with Crippen LogP contribution in [-0.2, 0) is 11.3 Å². The molecule has 37 heavy (non-hydrogen) atoms. The summed E-state index contributed by atoms with van der Waals surface area (Å²) in [6.45, 7) is 2.45. The van der Waals surface area contributed by atoms with Crippen molar-refractivity contribution < 1.29 is 13.9 Å². The molecule has 2 aliphatic heterocycles. The fraction of sp³-hybridized carbons (Fsp3) is 0.519. The number of amides is 1. The maximum atomic E-state index is 14.5. The van der Waals surface area contributed by atoms with Crippen LogP contribution in [0.5, 0.6) is 0 Å². The number of carbonyl (C=O) groups is 1. The van der Waals surface area contributed by atoms with Crippen LogP contribution < -0.4 is 20.9 Å². The molecule has 194 valence electrons. The number of ether oxygens (including phenoxy) is 1. The van der Waals surface area contributed by atoms with Crippen molar-refractivity contribution in [3.63, 3.8) is 0 Å². The van der Waals surface area contributed by atoms with Crippen molar-refractivity contribution in [3.8, 4) is 0 Å². The molecule has 10 heteroatoms. The smallest absolute Gasteiger partial charge is 0.328 e. The summed E-state index contributed by atoms with van der Waals surface area (Å²) in [5, 5.41) is 9.59. The lowest BCUT2D eigenvalue weighted by Gasteiger charge is -2.34. The molecule has 2 aliphatic carbocycles. The number of hydrogen-bond acceptors (Lipinski definition) is 7. The molecule has 1 aromatic carbocycles. The van der Waals surface area contributed by atoms with Crippen LogP contribution in [-0.4, -0.2) is 59.0 Å². The topological polar surface area (TPSA) is 96.3 Å². The molecule has 3 atom stereocenters. The summed E-state index contributed by atoms with van der Waals surface area (Å²) in [6, 6.07) is 7.49. The molecule has 2 aromatic heterocycles. The highest BCUT2D eigenvalue weighted by molar-refractivity contribution is 5.94. The number of carbonyl (C=O) groups excluding carboxylic acids is 1. The number of imidazole rings is 1. The van der Waals surface area contributed by atoms with Gasteiger partial charge in [-0.1, -0.05) is 0 Å². The van der Waals surface area contributed by atoms with Gasteiger partial charge in [0.15, 0.2) is 5.65 Å². The molecule has 0 radical (unpaired) electrons. The minimum Gasteiger partial charge on any atom is -0.386 e. The summed E-state index contributed by atoms with van der Waals surface area (Å²) in [5.74, 6) is 0.602. The van der Waals surface area contributed by atoms with Crippen molar-refractivity contribution in [2.75, 3.05) is 35.7 Å². The van der Waals surface area contributed by atoms with Gasteiger partial charge in [-0.15, -0.1) is 0 Å². The number of hydrogen-bond donors (Lipinski definition) is 3. The highest BCUT2D eigenvalue weighted by Crippen LogP contribution is 2.54. The summed E-state index contributed by atoms with van der Waals surface area (Å²) in [5.41, 5.74) is 5.45. The van der Waals surface area contributed by atoms with Crippen molar-refractivity contribution in [1.29, 1.82) is 0 Å². The van der Waals surface area contributed by atoms with Gasteiger partial charge < -0.3 is 25.6 Å². The van der Waals surface area contributed by atoms with Gasteiger partial charge in [-0.25, -0.2) is 23.7 Å². The Labute approximate surface area is 214 Å². The molecule has 1 saturated heterocycles. The lowest BCUT2D eigenvalue weighted by atomic mass is 9.93. The van der Waals surface area contributed by atoms with Gasteiger partial charge in [0.25, 0.3) is 0 Å². The number of anilines is 4. The van der Waals surface area contributed by atoms with Crippen molar-refractivity contribution in [3.05, 3.63) is 36.2 Å². The summed E-state index contributed by atoms with van der Waals surface area (Å²) in [7, 11) is 1.82. The summed E-state index contributed by atoms with van der Waals surface area (Å²) in [4.78, 5) is 24.8. The van der Waals surface area contributed by atoms with Gasteiger partial charge in [0, 0.05) is 50.4 Å². The number of halogens is 1. The molecule has 7 rings (SSSR count). The molecule has 1 spiro atoms. The summed E-state index contributed by atoms with van der Waals surface area (Å²) < 4.78 is 22.1. The van der Waals surface area contributed by atoms with Crippen LogP contribution in [0.3, 0.4) is 0 Å². The molecular formula is C27H32FN7O2. The zero-order valence-corrected chi connectivity index (χ0v) is 21.0. The molecule has 0 unspecified atom stereocenters. The first-order chi connectivity index (χ1) is 18.0. The lowest BCUT2D eigenvalue weighted by molar-refractivity contribution is 0.0273. The molecule has 1 amide bonds. The number of rotatable bonds is 2. The summed E-state index contributed by atoms with van der Waals surface area (Å²) >= 11 is 0. The highest BCUT2D eigenvalue weighted by atomic mass is 19.1. The monoisotopic (exact) mass is 505 g/mol. The normalized spacial score (nSPS) is 26.5. The molecule has 3 aromatic rings. The molecule has 3 N–H and O–H groups in total. The first-order valence-electron chi connectivity index (χ1n) is 13.3. The Morgan fingerprint density at radius 1 is 1.14 bits per heavy atom. The van der Waals surface area contributed by atoms with E-state index in [1.54, 1.807) is 0 Å². The van der Waals surface area contributed by atoms with Crippen LogP contribution in [0.4, 0.5) is 32.1 Å². The predicted molar refractivity (Wildman–Crippen MR) is 140 cm³/mol. The van der Waals surface area contributed by atoms with E-state index in [-0.39, 0.29) is 12.8 Å². The van der Waals surface area contributed by atoms with Crippen LogP contribution in [0, 0.1) is 5.41 Å². The Hall–Kier alpha value is -3.40. The van der Waals surface area contributed by atoms with Crippen molar-refractivity contribution >= 4 is 40.1 Å². The predicted octanol–water partition coefficient (Wildman–Crippen LogP) is 4.55.